The number of carbonyl (C=O) groups is 3. The van der Waals surface area contributed by atoms with Gasteiger partial charge in [-0.05, 0) is 62.1 Å². The number of aliphatic hydroxyl groups excluding tert-OH is 1. The highest BCUT2D eigenvalue weighted by Crippen LogP contribution is 2.40. The molecule has 3 aromatic carbocycles. The summed E-state index contributed by atoms with van der Waals surface area (Å²) in [6.07, 6.45) is -1.21. The minimum absolute atomic E-state index is 0.0760. The molecule has 1 saturated heterocycles. The summed E-state index contributed by atoms with van der Waals surface area (Å²) in [7, 11) is -8.50. The Morgan fingerprint density at radius 3 is 2.30 bits per heavy atom. The fraction of sp³-hybridized carbons (Fsp3) is 0.351. The molecule has 4 aromatic rings. The second-order valence-corrected chi connectivity index (χ2v) is 18.9. The Morgan fingerprint density at radius 1 is 0.943 bits per heavy atom. The Balaban J connectivity index is 1.40. The molecule has 5 rings (SSSR count). The van der Waals surface area contributed by atoms with E-state index in [4.69, 9.17) is 0 Å². The lowest BCUT2D eigenvalue weighted by Crippen LogP contribution is -2.60. The molecule has 1 fully saturated rings. The maximum Gasteiger partial charge on any atom is 0.254 e. The van der Waals surface area contributed by atoms with Crippen LogP contribution in [0.1, 0.15) is 30.5 Å². The van der Waals surface area contributed by atoms with Crippen molar-refractivity contribution in [1.29, 1.82) is 0 Å². The van der Waals surface area contributed by atoms with E-state index in [0.717, 1.165) is 17.4 Å². The molecule has 53 heavy (non-hydrogen) atoms. The fourth-order valence-electron chi connectivity index (χ4n) is 6.18. The Labute approximate surface area is 313 Å². The molecule has 1 aliphatic rings. The molecule has 0 radical (unpaired) electrons. The molecule has 16 heteroatoms. The van der Waals surface area contributed by atoms with Crippen LogP contribution < -0.4 is 15.4 Å². The van der Waals surface area contributed by atoms with Gasteiger partial charge in [0.2, 0.25) is 21.8 Å². The van der Waals surface area contributed by atoms with Gasteiger partial charge in [0.05, 0.1) is 29.4 Å². The highest BCUT2D eigenvalue weighted by Gasteiger charge is 2.50. The predicted molar refractivity (Wildman–Crippen MR) is 204 cm³/mol. The van der Waals surface area contributed by atoms with Crippen molar-refractivity contribution in [3.05, 3.63) is 108 Å². The summed E-state index contributed by atoms with van der Waals surface area (Å²) in [5, 5.41) is 17.5. The summed E-state index contributed by atoms with van der Waals surface area (Å²) in [6, 6.07) is 21.7. The lowest BCUT2D eigenvalue weighted by molar-refractivity contribution is -0.147. The number of amides is 3. The third-order valence-electron chi connectivity index (χ3n) is 9.00. The van der Waals surface area contributed by atoms with E-state index in [-0.39, 0.29) is 23.9 Å². The average molecular weight is 782 g/mol. The molecule has 0 aliphatic carbocycles. The van der Waals surface area contributed by atoms with Gasteiger partial charge in [0, 0.05) is 16.7 Å². The number of hydrogen-bond acceptors (Lipinski definition) is 10. The summed E-state index contributed by atoms with van der Waals surface area (Å²) < 4.78 is 53.3. The molecule has 0 unspecified atom stereocenters. The number of benzene rings is 3. The van der Waals surface area contributed by atoms with Crippen LogP contribution in [0.4, 0.5) is 0 Å². The van der Waals surface area contributed by atoms with Gasteiger partial charge >= 0.3 is 0 Å². The Hall–Kier alpha value is -4.35. The minimum Gasteiger partial charge on any atom is -0.381 e. The van der Waals surface area contributed by atoms with Crippen LogP contribution in [-0.4, -0.2) is 96.4 Å². The third kappa shape index (κ3) is 10.00. The van der Waals surface area contributed by atoms with Gasteiger partial charge in [-0.1, -0.05) is 72.8 Å². The molecule has 4 N–H and O–H groups in total. The monoisotopic (exact) mass is 781 g/mol. The second kappa shape index (κ2) is 16.3. The van der Waals surface area contributed by atoms with Gasteiger partial charge in [-0.25, -0.2) is 26.5 Å². The number of para-hydroxylation sites is 1. The molecular weight excluding hydrogens is 739 g/mol. The van der Waals surface area contributed by atoms with Gasteiger partial charge in [-0.2, -0.15) is 0 Å². The molecular formula is C37H43N5O8S3. The quantitative estimate of drug-likeness (QED) is 0.148. The number of aliphatic hydroxyl groups is 1. The summed E-state index contributed by atoms with van der Waals surface area (Å²) >= 11 is 1.36. The number of carbonyl (C=O) groups excluding carboxylic acids is 3. The molecule has 282 valence electrons. The Morgan fingerprint density at radius 2 is 1.60 bits per heavy atom. The molecule has 0 bridgehead atoms. The fourth-order valence-corrected chi connectivity index (χ4v) is 9.49. The van der Waals surface area contributed by atoms with Crippen molar-refractivity contribution >= 4 is 60.2 Å². The molecule has 2 heterocycles. The topological polar surface area (TPSA) is 192 Å². The maximum atomic E-state index is 14.1. The molecule has 0 spiro atoms. The number of thioether (sulfide) groups is 1. The maximum absolute atomic E-state index is 14.1. The number of hydrogen-bond donors (Lipinski definition) is 4. The Kier molecular flexibility index (Phi) is 12.3. The zero-order valence-electron chi connectivity index (χ0n) is 29.7. The van der Waals surface area contributed by atoms with Crippen molar-refractivity contribution in [2.45, 2.75) is 67.7 Å². The van der Waals surface area contributed by atoms with Crippen LogP contribution in [-0.2, 0) is 47.2 Å². The number of sulfonamides is 1. The van der Waals surface area contributed by atoms with Crippen molar-refractivity contribution < 1.29 is 36.3 Å². The smallest absolute Gasteiger partial charge is 0.254 e. The molecule has 0 saturated carbocycles. The SMILES string of the molecule is Cc1ccccc1CNC(=O)[C@H]1N(C(=O)[C@@H](O)[C@H](Cc2ccccc2)NC(=O)[C@@H](CS(=O)(=O)c2ccc3ccccc3n2)NS(C)(=O)=O)CSC1(C)C. The number of sulfone groups is 1. The highest BCUT2D eigenvalue weighted by molar-refractivity contribution is 8.00. The standard InChI is InChI=1S/C37H43N5O8S3/c1-24-12-8-9-16-27(24)21-38-35(45)33-37(2,3)51-23-42(33)36(46)32(43)29(20-25-13-6-5-7-14-25)40-34(44)30(41-52(4,47)48)22-53(49,50)31-19-18-26-15-10-11-17-28(26)39-31/h5-19,29-30,32-33,41,43H,20-23H2,1-4H3,(H,38,45)(H,40,44)/t29-,30+,32-,33+/m0/s1. The Bertz CT molecular complexity index is 2200. The van der Waals surface area contributed by atoms with Gasteiger partial charge in [0.15, 0.2) is 21.0 Å². The first-order chi connectivity index (χ1) is 24.9. The van der Waals surface area contributed by atoms with Crippen molar-refractivity contribution in [1.82, 2.24) is 25.2 Å². The van der Waals surface area contributed by atoms with Crippen LogP contribution in [0.25, 0.3) is 10.9 Å². The number of pyridine rings is 1. The second-order valence-electron chi connectivity index (χ2n) is 13.5. The number of rotatable bonds is 14. The van der Waals surface area contributed by atoms with E-state index in [1.807, 2.05) is 45.0 Å². The van der Waals surface area contributed by atoms with Crippen molar-refractivity contribution in [3.63, 3.8) is 0 Å². The van der Waals surface area contributed by atoms with Gasteiger partial charge in [-0.15, -0.1) is 11.8 Å². The lowest BCUT2D eigenvalue weighted by atomic mass is 9.97. The van der Waals surface area contributed by atoms with Crippen LogP contribution in [0.3, 0.4) is 0 Å². The van der Waals surface area contributed by atoms with Crippen LogP contribution in [0.5, 0.6) is 0 Å². The van der Waals surface area contributed by atoms with E-state index in [1.165, 1.54) is 22.7 Å². The zero-order valence-corrected chi connectivity index (χ0v) is 32.2. The van der Waals surface area contributed by atoms with Crippen molar-refractivity contribution in [3.8, 4) is 0 Å². The van der Waals surface area contributed by atoms with Crippen LogP contribution in [0, 0.1) is 6.92 Å². The minimum atomic E-state index is -4.35. The highest BCUT2D eigenvalue weighted by atomic mass is 32.2. The van der Waals surface area contributed by atoms with Gasteiger partial charge < -0.3 is 20.6 Å². The van der Waals surface area contributed by atoms with E-state index < -0.39 is 72.3 Å². The summed E-state index contributed by atoms with van der Waals surface area (Å²) in [4.78, 5) is 47.2. The molecule has 1 aliphatic heterocycles. The van der Waals surface area contributed by atoms with E-state index in [0.29, 0.717) is 16.5 Å². The van der Waals surface area contributed by atoms with Gasteiger partial charge in [-0.3, -0.25) is 14.4 Å². The van der Waals surface area contributed by atoms with E-state index in [2.05, 4.69) is 20.3 Å². The summed E-state index contributed by atoms with van der Waals surface area (Å²) in [6.45, 7) is 5.80. The third-order valence-corrected chi connectivity index (χ3v) is 12.7. The van der Waals surface area contributed by atoms with Crippen LogP contribution in [0.15, 0.2) is 96.0 Å². The van der Waals surface area contributed by atoms with Gasteiger partial charge in [0.25, 0.3) is 5.91 Å². The van der Waals surface area contributed by atoms with E-state index in [1.54, 1.807) is 60.7 Å². The lowest BCUT2D eigenvalue weighted by Gasteiger charge is -2.33. The van der Waals surface area contributed by atoms with Crippen LogP contribution in [0.2, 0.25) is 0 Å². The molecule has 13 nitrogen and oxygen atoms in total. The first-order valence-electron chi connectivity index (χ1n) is 16.8. The number of nitrogens with one attached hydrogen (secondary N) is 3. The number of aryl methyl sites for hydroxylation is 1. The van der Waals surface area contributed by atoms with E-state index in [9.17, 15) is 36.3 Å². The first-order valence-corrected chi connectivity index (χ1v) is 21.3. The van der Waals surface area contributed by atoms with E-state index >= 15 is 0 Å². The predicted octanol–water partition coefficient (Wildman–Crippen LogP) is 2.32. The van der Waals surface area contributed by atoms with Gasteiger partial charge in [0.1, 0.15) is 12.1 Å². The van der Waals surface area contributed by atoms with Crippen molar-refractivity contribution in [2.24, 2.45) is 0 Å². The summed E-state index contributed by atoms with van der Waals surface area (Å²) in [5.74, 6) is -3.26. The molecule has 1 aromatic heterocycles. The molecule has 3 amide bonds. The van der Waals surface area contributed by atoms with Crippen molar-refractivity contribution in [2.75, 3.05) is 17.9 Å². The van der Waals surface area contributed by atoms with Crippen LogP contribution >= 0.6 is 11.8 Å². The number of fused-ring (bicyclic) bond motifs is 1. The largest absolute Gasteiger partial charge is 0.381 e. The zero-order chi connectivity index (χ0) is 38.6. The number of aromatic nitrogens is 1. The first kappa shape index (κ1) is 39.8. The number of nitrogens with zero attached hydrogens (tertiary/aromatic N) is 2. The summed E-state index contributed by atoms with van der Waals surface area (Å²) in [5.41, 5.74) is 2.90. The average Bonchev–Trinajstić information content (AvgIpc) is 3.44. The normalized spacial score (nSPS) is 17.5. The molecule has 4 atom stereocenters.